The molecule has 2 saturated heterocycles. The molecule has 0 saturated carbocycles. The van der Waals surface area contributed by atoms with Crippen LogP contribution in [0.25, 0.3) is 16.2 Å². The van der Waals surface area contributed by atoms with Gasteiger partial charge in [-0.1, -0.05) is 31.3 Å². The molecule has 5 heterocycles. The van der Waals surface area contributed by atoms with E-state index in [2.05, 4.69) is 39.4 Å². The first-order valence-corrected chi connectivity index (χ1v) is 13.2. The van der Waals surface area contributed by atoms with Crippen molar-refractivity contribution < 1.29 is 8.42 Å². The second-order valence-electron chi connectivity index (χ2n) is 9.14. The zero-order valence-electron chi connectivity index (χ0n) is 17.6. The van der Waals surface area contributed by atoms with Crippen LogP contribution < -0.4 is 4.90 Å². The average Bonchev–Trinajstić information content (AvgIpc) is 3.17. The van der Waals surface area contributed by atoms with Crippen LogP contribution in [0.1, 0.15) is 25.3 Å². The zero-order valence-corrected chi connectivity index (χ0v) is 19.2. The maximum atomic E-state index is 11.4. The standard InChI is InChI=1S/C21H27N5O2S2/c1-15(2)16-10-26(17-6-4-5-7-22-17)19-18(16)23-20(29-19)25-13-21(14-25)11-24(12-21)8-9-30(3,27)28/h4-7,10,15H,8-9,11-14H2,1-3H3. The maximum absolute atomic E-state index is 11.4. The van der Waals surface area contributed by atoms with Crippen LogP contribution in [0.4, 0.5) is 5.13 Å². The number of pyridine rings is 1. The van der Waals surface area contributed by atoms with Gasteiger partial charge in [-0.2, -0.15) is 0 Å². The Morgan fingerprint density at radius 1 is 1.20 bits per heavy atom. The van der Waals surface area contributed by atoms with Crippen molar-refractivity contribution in [3.05, 3.63) is 36.2 Å². The SMILES string of the molecule is CC(C)c1cn(-c2ccccn2)c2sc(N3CC4(CN(CCS(C)(=O)=O)C4)C3)nc12. The number of thiazole rings is 1. The molecule has 2 aliphatic rings. The predicted molar refractivity (Wildman–Crippen MR) is 122 cm³/mol. The van der Waals surface area contributed by atoms with E-state index in [-0.39, 0.29) is 5.75 Å². The molecule has 30 heavy (non-hydrogen) atoms. The lowest BCUT2D eigenvalue weighted by atomic mass is 9.73. The monoisotopic (exact) mass is 445 g/mol. The molecule has 0 bridgehead atoms. The van der Waals surface area contributed by atoms with Crippen molar-refractivity contribution in [2.45, 2.75) is 19.8 Å². The van der Waals surface area contributed by atoms with Crippen LogP contribution in [0.3, 0.4) is 0 Å². The number of hydrogen-bond acceptors (Lipinski definition) is 7. The van der Waals surface area contributed by atoms with Crippen LogP contribution in [-0.4, -0.2) is 72.6 Å². The fraction of sp³-hybridized carbons (Fsp3) is 0.524. The number of rotatable bonds is 6. The van der Waals surface area contributed by atoms with Gasteiger partial charge in [0.2, 0.25) is 0 Å². The third-order valence-electron chi connectivity index (χ3n) is 6.10. The van der Waals surface area contributed by atoms with Gasteiger partial charge in [0.15, 0.2) is 5.13 Å². The number of hydrogen-bond donors (Lipinski definition) is 0. The van der Waals surface area contributed by atoms with E-state index in [0.717, 1.165) is 47.5 Å². The third-order valence-corrected chi connectivity index (χ3v) is 8.14. The topological polar surface area (TPSA) is 71.3 Å². The minimum absolute atomic E-state index is 0.250. The van der Waals surface area contributed by atoms with Gasteiger partial charge in [0.05, 0.1) is 5.75 Å². The molecule has 3 aromatic heterocycles. The summed E-state index contributed by atoms with van der Waals surface area (Å²) in [7, 11) is -2.89. The Balaban J connectivity index is 1.33. The molecule has 2 fully saturated rings. The number of nitrogens with zero attached hydrogens (tertiary/aromatic N) is 5. The predicted octanol–water partition coefficient (Wildman–Crippen LogP) is 2.77. The largest absolute Gasteiger partial charge is 0.347 e. The van der Waals surface area contributed by atoms with Gasteiger partial charge in [-0.15, -0.1) is 0 Å². The van der Waals surface area contributed by atoms with Crippen LogP contribution in [0.2, 0.25) is 0 Å². The fourth-order valence-electron chi connectivity index (χ4n) is 4.59. The van der Waals surface area contributed by atoms with Gasteiger partial charge in [0, 0.05) is 62.4 Å². The summed E-state index contributed by atoms with van der Waals surface area (Å²) < 4.78 is 24.9. The fourth-order valence-corrected chi connectivity index (χ4v) is 6.25. The van der Waals surface area contributed by atoms with Crippen molar-refractivity contribution in [3.8, 4) is 5.82 Å². The van der Waals surface area contributed by atoms with Crippen LogP contribution in [-0.2, 0) is 9.84 Å². The Morgan fingerprint density at radius 3 is 2.60 bits per heavy atom. The van der Waals surface area contributed by atoms with E-state index >= 15 is 0 Å². The average molecular weight is 446 g/mol. The molecule has 9 heteroatoms. The molecular formula is C21H27N5O2S2. The molecule has 0 N–H and O–H groups in total. The molecule has 0 unspecified atom stereocenters. The van der Waals surface area contributed by atoms with Crippen molar-refractivity contribution in [2.24, 2.45) is 5.41 Å². The normalized spacial score (nSPS) is 18.9. The van der Waals surface area contributed by atoms with Crippen LogP contribution in [0.15, 0.2) is 30.6 Å². The smallest absolute Gasteiger partial charge is 0.187 e. The lowest BCUT2D eigenvalue weighted by molar-refractivity contribution is -0.0172. The molecule has 160 valence electrons. The first-order chi connectivity index (χ1) is 14.2. The van der Waals surface area contributed by atoms with E-state index in [1.165, 1.54) is 11.8 Å². The molecule has 7 nitrogen and oxygen atoms in total. The zero-order chi connectivity index (χ0) is 21.1. The minimum Gasteiger partial charge on any atom is -0.347 e. The molecule has 2 aliphatic heterocycles. The summed E-state index contributed by atoms with van der Waals surface area (Å²) >= 11 is 1.74. The van der Waals surface area contributed by atoms with E-state index in [1.807, 2.05) is 24.4 Å². The van der Waals surface area contributed by atoms with Crippen molar-refractivity contribution in [1.29, 1.82) is 0 Å². The van der Waals surface area contributed by atoms with Gasteiger partial charge in [-0.05, 0) is 18.1 Å². The summed E-state index contributed by atoms with van der Waals surface area (Å²) in [6, 6.07) is 5.97. The van der Waals surface area contributed by atoms with E-state index in [4.69, 9.17) is 4.98 Å². The number of anilines is 1. The first-order valence-electron chi connectivity index (χ1n) is 10.3. The van der Waals surface area contributed by atoms with Crippen LogP contribution in [0.5, 0.6) is 0 Å². The summed E-state index contributed by atoms with van der Waals surface area (Å²) in [6.07, 6.45) is 5.31. The van der Waals surface area contributed by atoms with E-state index in [0.29, 0.717) is 17.9 Å². The number of likely N-dealkylation sites (tertiary alicyclic amines) is 1. The highest BCUT2D eigenvalue weighted by atomic mass is 32.2. The van der Waals surface area contributed by atoms with Crippen molar-refractivity contribution in [2.75, 3.05) is 49.6 Å². The number of aromatic nitrogens is 3. The van der Waals surface area contributed by atoms with Crippen LogP contribution in [0, 0.1) is 5.41 Å². The van der Waals surface area contributed by atoms with E-state index in [1.54, 1.807) is 11.3 Å². The second-order valence-corrected chi connectivity index (χ2v) is 12.4. The van der Waals surface area contributed by atoms with E-state index in [9.17, 15) is 8.42 Å². The quantitative estimate of drug-likeness (QED) is 0.581. The molecule has 0 aliphatic carbocycles. The summed E-state index contributed by atoms with van der Waals surface area (Å²) in [6.45, 7) is 9.03. The van der Waals surface area contributed by atoms with Crippen molar-refractivity contribution >= 4 is 36.7 Å². The lowest BCUT2D eigenvalue weighted by Gasteiger charge is -2.60. The van der Waals surface area contributed by atoms with E-state index < -0.39 is 9.84 Å². The molecule has 3 aromatic rings. The molecule has 5 rings (SSSR count). The summed E-state index contributed by atoms with van der Waals surface area (Å²) in [5, 5.41) is 1.08. The Kier molecular flexibility index (Phi) is 4.68. The number of fused-ring (bicyclic) bond motifs is 1. The molecule has 0 atom stereocenters. The molecule has 1 spiro atoms. The molecular weight excluding hydrogens is 418 g/mol. The van der Waals surface area contributed by atoms with Gasteiger partial charge < -0.3 is 9.80 Å². The molecule has 0 radical (unpaired) electrons. The van der Waals surface area contributed by atoms with Crippen molar-refractivity contribution in [3.63, 3.8) is 0 Å². The Labute approximate surface area is 181 Å². The number of sulfone groups is 1. The molecule has 0 amide bonds. The van der Waals surface area contributed by atoms with Gasteiger partial charge in [-0.25, -0.2) is 18.4 Å². The summed E-state index contributed by atoms with van der Waals surface area (Å²) in [4.78, 5) is 15.3. The highest BCUT2D eigenvalue weighted by Gasteiger charge is 2.52. The highest BCUT2D eigenvalue weighted by molar-refractivity contribution is 7.90. The Bertz CT molecular complexity index is 1170. The summed E-state index contributed by atoms with van der Waals surface area (Å²) in [5.74, 6) is 1.56. The first kappa shape index (κ1) is 20.0. The lowest BCUT2D eigenvalue weighted by Crippen LogP contribution is -2.72. The third kappa shape index (κ3) is 3.52. The van der Waals surface area contributed by atoms with Crippen LogP contribution >= 0.6 is 11.3 Å². The van der Waals surface area contributed by atoms with Gasteiger partial charge in [-0.3, -0.25) is 4.57 Å². The van der Waals surface area contributed by atoms with Gasteiger partial charge in [0.25, 0.3) is 0 Å². The Hall–Kier alpha value is -1.97. The maximum Gasteiger partial charge on any atom is 0.187 e. The van der Waals surface area contributed by atoms with Crippen molar-refractivity contribution in [1.82, 2.24) is 19.4 Å². The van der Waals surface area contributed by atoms with Gasteiger partial charge >= 0.3 is 0 Å². The second kappa shape index (κ2) is 7.03. The minimum atomic E-state index is -2.89. The van der Waals surface area contributed by atoms with Gasteiger partial charge in [0.1, 0.15) is 26.0 Å². The highest BCUT2D eigenvalue weighted by Crippen LogP contribution is 2.45. The molecule has 0 aromatic carbocycles. The Morgan fingerprint density at radius 2 is 1.97 bits per heavy atom. The summed E-state index contributed by atoms with van der Waals surface area (Å²) in [5.41, 5.74) is 2.65.